The summed E-state index contributed by atoms with van der Waals surface area (Å²) >= 11 is 10.3. The van der Waals surface area contributed by atoms with Crippen LogP contribution in [-0.2, 0) is 10.0 Å². The lowest BCUT2D eigenvalue weighted by atomic mass is 10.2. The Morgan fingerprint density at radius 2 is 2.00 bits per heavy atom. The van der Waals surface area contributed by atoms with Crippen molar-refractivity contribution in [3.05, 3.63) is 53.1 Å². The normalized spacial score (nSPS) is 16.7. The zero-order valence-electron chi connectivity index (χ0n) is 14.7. The maximum Gasteiger partial charge on any atom is 0.265 e. The highest BCUT2D eigenvalue weighted by Gasteiger charge is 2.24. The molecule has 1 amide bonds. The smallest absolute Gasteiger partial charge is 0.265 e. The fourth-order valence-corrected chi connectivity index (χ4v) is 4.36. The number of nitrogens with one attached hydrogen (secondary N) is 4. The number of aliphatic imine (C=N–C) groups is 1. The molecule has 1 unspecified atom stereocenters. The van der Waals surface area contributed by atoms with Gasteiger partial charge in [0.1, 0.15) is 4.90 Å². The molecular formula is C17H18ClN5O3S2. The lowest BCUT2D eigenvalue weighted by Crippen LogP contribution is -2.54. The number of hydrazine groups is 1. The first kappa shape index (κ1) is 20.5. The summed E-state index contributed by atoms with van der Waals surface area (Å²) in [6.45, 7) is 2.30. The van der Waals surface area contributed by atoms with Crippen LogP contribution in [0.3, 0.4) is 0 Å². The molecule has 1 aliphatic heterocycles. The van der Waals surface area contributed by atoms with E-state index in [1.54, 1.807) is 24.3 Å². The predicted octanol–water partition coefficient (Wildman–Crippen LogP) is 2.01. The van der Waals surface area contributed by atoms with E-state index in [1.165, 1.54) is 12.1 Å². The average molecular weight is 440 g/mol. The molecule has 1 atom stereocenters. The largest absolute Gasteiger partial charge is 0.322 e. The van der Waals surface area contributed by atoms with Crippen molar-refractivity contribution in [1.82, 2.24) is 15.6 Å². The SMILES string of the molecule is CC1CN=C(NS(=O)(=O)c2cc(C(=O)Nc3ccccc3)c(Cl)cc2S)NN1. The summed E-state index contributed by atoms with van der Waals surface area (Å²) in [5.41, 5.74) is 6.12. The lowest BCUT2D eigenvalue weighted by Gasteiger charge is -2.22. The molecular weight excluding hydrogens is 422 g/mol. The summed E-state index contributed by atoms with van der Waals surface area (Å²) < 4.78 is 27.9. The molecule has 11 heteroatoms. The summed E-state index contributed by atoms with van der Waals surface area (Å²) in [6, 6.07) is 11.3. The number of hydrogen-bond donors (Lipinski definition) is 5. The minimum absolute atomic E-state index is 0.00832. The second-order valence-corrected chi connectivity index (χ2v) is 8.62. The Hall–Kier alpha value is -2.27. The van der Waals surface area contributed by atoms with Crippen molar-refractivity contribution >= 4 is 51.8 Å². The molecule has 0 fully saturated rings. The number of guanidine groups is 1. The maximum atomic E-state index is 12.8. The van der Waals surface area contributed by atoms with Crippen LogP contribution in [0, 0.1) is 0 Å². The van der Waals surface area contributed by atoms with Gasteiger partial charge in [-0.2, -0.15) is 0 Å². The number of amides is 1. The van der Waals surface area contributed by atoms with Gasteiger partial charge < -0.3 is 5.32 Å². The van der Waals surface area contributed by atoms with Gasteiger partial charge in [0.25, 0.3) is 15.9 Å². The van der Waals surface area contributed by atoms with Crippen LogP contribution in [0.4, 0.5) is 5.69 Å². The van der Waals surface area contributed by atoms with Crippen LogP contribution in [-0.4, -0.2) is 32.9 Å². The third-order valence-electron chi connectivity index (χ3n) is 3.81. The van der Waals surface area contributed by atoms with Gasteiger partial charge in [-0.15, -0.1) is 12.6 Å². The second kappa shape index (κ2) is 8.39. The van der Waals surface area contributed by atoms with E-state index in [1.807, 2.05) is 13.0 Å². The molecule has 148 valence electrons. The Kier molecular flexibility index (Phi) is 6.14. The Morgan fingerprint density at radius 1 is 1.29 bits per heavy atom. The van der Waals surface area contributed by atoms with Crippen molar-refractivity contribution in [3.63, 3.8) is 0 Å². The molecule has 1 heterocycles. The Labute approximate surface area is 173 Å². The average Bonchev–Trinajstić information content (AvgIpc) is 2.64. The summed E-state index contributed by atoms with van der Waals surface area (Å²) in [5, 5.41) is 2.76. The van der Waals surface area contributed by atoms with E-state index >= 15 is 0 Å². The summed E-state index contributed by atoms with van der Waals surface area (Å²) in [7, 11) is -4.05. The van der Waals surface area contributed by atoms with E-state index in [4.69, 9.17) is 11.6 Å². The molecule has 3 rings (SSSR count). The Bertz CT molecular complexity index is 1030. The van der Waals surface area contributed by atoms with Crippen molar-refractivity contribution in [2.45, 2.75) is 22.8 Å². The number of rotatable bonds is 4. The van der Waals surface area contributed by atoms with Crippen LogP contribution in [0.15, 0.2) is 57.2 Å². The number of thiol groups is 1. The van der Waals surface area contributed by atoms with Gasteiger partial charge in [-0.25, -0.2) is 23.6 Å². The van der Waals surface area contributed by atoms with E-state index < -0.39 is 15.9 Å². The molecule has 0 saturated heterocycles. The molecule has 0 aliphatic carbocycles. The van der Waals surface area contributed by atoms with Crippen molar-refractivity contribution in [1.29, 1.82) is 0 Å². The maximum absolute atomic E-state index is 12.8. The number of halogens is 1. The standard InChI is InChI=1S/C17H18ClN5O3S2/c1-10-9-19-17(22-21-10)23-28(25,26)15-7-12(13(18)8-14(15)27)16(24)20-11-5-3-2-4-6-11/h2-8,10,21,27H,9H2,1H3,(H,20,24)(H2,19,22,23). The van der Waals surface area contributed by atoms with Crippen LogP contribution in [0.1, 0.15) is 17.3 Å². The predicted molar refractivity (Wildman–Crippen MR) is 111 cm³/mol. The van der Waals surface area contributed by atoms with E-state index in [2.05, 4.69) is 38.5 Å². The fraction of sp³-hybridized carbons (Fsp3) is 0.176. The van der Waals surface area contributed by atoms with E-state index in [0.717, 1.165) is 0 Å². The molecule has 2 aromatic carbocycles. The van der Waals surface area contributed by atoms with Gasteiger partial charge >= 0.3 is 0 Å². The van der Waals surface area contributed by atoms with Crippen molar-refractivity contribution in [3.8, 4) is 0 Å². The van der Waals surface area contributed by atoms with Gasteiger partial charge in [-0.05, 0) is 31.2 Å². The fourth-order valence-electron chi connectivity index (χ4n) is 2.40. The Morgan fingerprint density at radius 3 is 2.64 bits per heavy atom. The molecule has 4 N–H and O–H groups in total. The highest BCUT2D eigenvalue weighted by molar-refractivity contribution is 7.91. The lowest BCUT2D eigenvalue weighted by molar-refractivity contribution is 0.102. The number of hydrogen-bond acceptors (Lipinski definition) is 7. The van der Waals surface area contributed by atoms with Gasteiger partial charge in [0.15, 0.2) is 0 Å². The van der Waals surface area contributed by atoms with Gasteiger partial charge in [-0.3, -0.25) is 10.2 Å². The van der Waals surface area contributed by atoms with Crippen molar-refractivity contribution < 1.29 is 13.2 Å². The number of nitrogens with zero attached hydrogens (tertiary/aromatic N) is 1. The number of benzene rings is 2. The summed E-state index contributed by atoms with van der Waals surface area (Å²) in [6.07, 6.45) is 0. The monoisotopic (exact) mass is 439 g/mol. The number of sulfonamides is 1. The van der Waals surface area contributed by atoms with E-state index in [9.17, 15) is 13.2 Å². The first-order valence-corrected chi connectivity index (χ1v) is 10.5. The van der Waals surface area contributed by atoms with E-state index in [0.29, 0.717) is 12.2 Å². The molecule has 2 aromatic rings. The molecule has 0 bridgehead atoms. The van der Waals surface area contributed by atoms with Gasteiger partial charge in [0, 0.05) is 16.6 Å². The molecule has 1 aliphatic rings. The zero-order chi connectivity index (χ0) is 20.3. The van der Waals surface area contributed by atoms with Crippen LogP contribution in [0.25, 0.3) is 0 Å². The molecule has 8 nitrogen and oxygen atoms in total. The van der Waals surface area contributed by atoms with Crippen molar-refractivity contribution in [2.75, 3.05) is 11.9 Å². The number of para-hydroxylation sites is 1. The summed E-state index contributed by atoms with van der Waals surface area (Å²) in [5.74, 6) is -0.485. The van der Waals surface area contributed by atoms with Crippen LogP contribution < -0.4 is 20.9 Å². The zero-order valence-corrected chi connectivity index (χ0v) is 17.2. The highest BCUT2D eigenvalue weighted by Crippen LogP contribution is 2.28. The quantitative estimate of drug-likeness (QED) is 0.468. The third kappa shape index (κ3) is 4.76. The number of carbonyl (C=O) groups excluding carboxylic acids is 1. The molecule has 28 heavy (non-hydrogen) atoms. The van der Waals surface area contributed by atoms with Crippen molar-refractivity contribution in [2.24, 2.45) is 4.99 Å². The third-order valence-corrected chi connectivity index (χ3v) is 6.02. The van der Waals surface area contributed by atoms with E-state index in [-0.39, 0.29) is 32.4 Å². The van der Waals surface area contributed by atoms with Gasteiger partial charge in [0.2, 0.25) is 5.96 Å². The molecule has 0 spiro atoms. The molecule has 0 saturated carbocycles. The van der Waals surface area contributed by atoms with Crippen LogP contribution in [0.5, 0.6) is 0 Å². The highest BCUT2D eigenvalue weighted by atomic mass is 35.5. The van der Waals surface area contributed by atoms with Gasteiger partial charge in [0.05, 0.1) is 17.1 Å². The van der Waals surface area contributed by atoms with Crippen LogP contribution in [0.2, 0.25) is 5.02 Å². The van der Waals surface area contributed by atoms with Crippen LogP contribution >= 0.6 is 24.2 Å². The second-order valence-electron chi connectivity index (χ2n) is 6.09. The first-order chi connectivity index (χ1) is 13.3. The molecule has 0 aromatic heterocycles. The Balaban J connectivity index is 1.89. The number of carbonyl (C=O) groups is 1. The first-order valence-electron chi connectivity index (χ1n) is 8.24. The number of anilines is 1. The molecule has 0 radical (unpaired) electrons. The van der Waals surface area contributed by atoms with Gasteiger partial charge in [-0.1, -0.05) is 29.8 Å². The summed E-state index contributed by atoms with van der Waals surface area (Å²) in [4.78, 5) is 16.6. The minimum atomic E-state index is -4.05. The topological polar surface area (TPSA) is 112 Å². The minimum Gasteiger partial charge on any atom is -0.322 e.